The number of H-pyrrole nitrogens is 1. The summed E-state index contributed by atoms with van der Waals surface area (Å²) >= 11 is 3.38. The molecule has 24 heavy (non-hydrogen) atoms. The van der Waals surface area contributed by atoms with Crippen LogP contribution in [0.5, 0.6) is 5.88 Å². The van der Waals surface area contributed by atoms with Gasteiger partial charge in [-0.2, -0.15) is 0 Å². The summed E-state index contributed by atoms with van der Waals surface area (Å²) in [6, 6.07) is 14.5. The summed E-state index contributed by atoms with van der Waals surface area (Å²) in [6.45, 7) is 0. The molecule has 0 atom stereocenters. The molecule has 0 unspecified atom stereocenters. The standard InChI is InChI=1S/C18H10BBrN2O2/c19-11-5-1-9(2-6-11)15-13-14(18(24)21-15)16(22-17(13)23)10-3-7-12(20)8-4-10/h1-8,22-23H. The van der Waals surface area contributed by atoms with Gasteiger partial charge in [0.05, 0.1) is 22.5 Å². The topological polar surface area (TPSA) is 65.5 Å². The van der Waals surface area contributed by atoms with Crippen LogP contribution in [0.3, 0.4) is 0 Å². The Morgan fingerprint density at radius 1 is 0.958 bits per heavy atom. The van der Waals surface area contributed by atoms with Crippen LogP contribution in [0.2, 0.25) is 0 Å². The van der Waals surface area contributed by atoms with Gasteiger partial charge < -0.3 is 10.1 Å². The first kappa shape index (κ1) is 15.0. The number of aliphatic imine (C=N–C) groups is 1. The van der Waals surface area contributed by atoms with Crippen LogP contribution in [0.15, 0.2) is 58.0 Å². The van der Waals surface area contributed by atoms with Gasteiger partial charge in [0, 0.05) is 10.0 Å². The zero-order chi connectivity index (χ0) is 16.8. The van der Waals surface area contributed by atoms with E-state index in [9.17, 15) is 9.90 Å². The second-order valence-corrected chi connectivity index (χ2v) is 6.41. The molecule has 1 aliphatic heterocycles. The van der Waals surface area contributed by atoms with Gasteiger partial charge in [0.25, 0.3) is 5.91 Å². The number of carbonyl (C=O) groups is 1. The summed E-state index contributed by atoms with van der Waals surface area (Å²) in [5, 5.41) is 10.3. The van der Waals surface area contributed by atoms with Gasteiger partial charge >= 0.3 is 0 Å². The average Bonchev–Trinajstić information content (AvgIpc) is 3.08. The molecule has 2 aromatic carbocycles. The van der Waals surface area contributed by atoms with E-state index in [0.717, 1.165) is 15.6 Å². The van der Waals surface area contributed by atoms with Crippen LogP contribution in [0.1, 0.15) is 21.5 Å². The molecule has 3 aromatic rings. The molecule has 1 aromatic heterocycles. The highest BCUT2D eigenvalue weighted by Crippen LogP contribution is 2.38. The van der Waals surface area contributed by atoms with Crippen molar-refractivity contribution in [2.45, 2.75) is 0 Å². The first-order valence-corrected chi connectivity index (χ1v) is 8.04. The molecule has 4 rings (SSSR count). The highest BCUT2D eigenvalue weighted by molar-refractivity contribution is 9.10. The molecular weight excluding hydrogens is 367 g/mol. The maximum atomic E-state index is 12.4. The summed E-state index contributed by atoms with van der Waals surface area (Å²) in [4.78, 5) is 19.5. The Labute approximate surface area is 147 Å². The lowest BCUT2D eigenvalue weighted by Gasteiger charge is -2.02. The zero-order valence-corrected chi connectivity index (χ0v) is 14.0. The molecule has 0 saturated carbocycles. The van der Waals surface area contributed by atoms with Crippen molar-refractivity contribution in [1.29, 1.82) is 0 Å². The van der Waals surface area contributed by atoms with E-state index in [1.807, 2.05) is 24.3 Å². The normalized spacial score (nSPS) is 13.0. The third-order valence-electron chi connectivity index (χ3n) is 3.96. The van der Waals surface area contributed by atoms with Crippen LogP contribution in [-0.4, -0.2) is 29.6 Å². The van der Waals surface area contributed by atoms with E-state index in [2.05, 4.69) is 25.9 Å². The van der Waals surface area contributed by atoms with Crippen molar-refractivity contribution in [3.05, 3.63) is 69.7 Å². The maximum absolute atomic E-state index is 12.4. The summed E-state index contributed by atoms with van der Waals surface area (Å²) in [6.07, 6.45) is 0. The number of carbonyl (C=O) groups excluding carboxylic acids is 1. The molecule has 2 radical (unpaired) electrons. The largest absolute Gasteiger partial charge is 0.494 e. The van der Waals surface area contributed by atoms with E-state index >= 15 is 0 Å². The van der Waals surface area contributed by atoms with E-state index in [4.69, 9.17) is 7.85 Å². The number of aromatic nitrogens is 1. The number of nitrogens with zero attached hydrogens (tertiary/aromatic N) is 1. The summed E-state index contributed by atoms with van der Waals surface area (Å²) < 4.78 is 0.934. The maximum Gasteiger partial charge on any atom is 0.280 e. The minimum atomic E-state index is -0.369. The highest BCUT2D eigenvalue weighted by atomic mass is 79.9. The minimum Gasteiger partial charge on any atom is -0.494 e. The molecule has 6 heteroatoms. The van der Waals surface area contributed by atoms with Crippen molar-refractivity contribution in [3.63, 3.8) is 0 Å². The molecule has 114 valence electrons. The molecule has 0 aliphatic carbocycles. The number of fused-ring (bicyclic) bond motifs is 1. The lowest BCUT2D eigenvalue weighted by Crippen LogP contribution is -2.05. The monoisotopic (exact) mass is 376 g/mol. The van der Waals surface area contributed by atoms with Crippen molar-refractivity contribution in [3.8, 4) is 17.1 Å². The molecule has 0 bridgehead atoms. The van der Waals surface area contributed by atoms with E-state index < -0.39 is 0 Å². The van der Waals surface area contributed by atoms with E-state index in [1.54, 1.807) is 24.3 Å². The van der Waals surface area contributed by atoms with Crippen molar-refractivity contribution in [1.82, 2.24) is 4.98 Å². The van der Waals surface area contributed by atoms with Crippen LogP contribution in [0.25, 0.3) is 11.3 Å². The fourth-order valence-electron chi connectivity index (χ4n) is 2.83. The predicted octanol–water partition coefficient (Wildman–Crippen LogP) is 2.93. The molecule has 0 fully saturated rings. The molecule has 0 saturated heterocycles. The first-order valence-electron chi connectivity index (χ1n) is 7.25. The summed E-state index contributed by atoms with van der Waals surface area (Å²) in [7, 11) is 5.70. The Hall–Kier alpha value is -2.60. The molecule has 1 amide bonds. The number of amides is 1. The Balaban J connectivity index is 1.87. The van der Waals surface area contributed by atoms with Crippen molar-refractivity contribution >= 4 is 40.9 Å². The smallest absolute Gasteiger partial charge is 0.280 e. The van der Waals surface area contributed by atoms with Gasteiger partial charge in [-0.1, -0.05) is 57.8 Å². The number of halogens is 1. The third-order valence-corrected chi connectivity index (χ3v) is 4.49. The quantitative estimate of drug-likeness (QED) is 0.675. The van der Waals surface area contributed by atoms with Crippen LogP contribution in [0.4, 0.5) is 0 Å². The molecule has 2 heterocycles. The van der Waals surface area contributed by atoms with Crippen LogP contribution in [-0.2, 0) is 0 Å². The number of rotatable bonds is 2. The number of hydrogen-bond donors (Lipinski definition) is 2. The van der Waals surface area contributed by atoms with Crippen molar-refractivity contribution in [2.24, 2.45) is 4.99 Å². The zero-order valence-electron chi connectivity index (χ0n) is 12.4. The third kappa shape index (κ3) is 2.30. The minimum absolute atomic E-state index is 0.0654. The van der Waals surface area contributed by atoms with Gasteiger partial charge in [0.2, 0.25) is 0 Å². The predicted molar refractivity (Wildman–Crippen MR) is 97.4 cm³/mol. The number of aromatic hydroxyl groups is 1. The second kappa shape index (κ2) is 5.49. The number of aromatic amines is 1. The van der Waals surface area contributed by atoms with Crippen LogP contribution < -0.4 is 5.46 Å². The van der Waals surface area contributed by atoms with Gasteiger partial charge in [-0.15, -0.1) is 0 Å². The molecular formula is C18H10BBrN2O2. The van der Waals surface area contributed by atoms with Crippen LogP contribution in [0, 0.1) is 0 Å². The fraction of sp³-hybridized carbons (Fsp3) is 0. The fourth-order valence-corrected chi connectivity index (χ4v) is 3.09. The van der Waals surface area contributed by atoms with E-state index in [-0.39, 0.29) is 11.8 Å². The number of nitrogens with one attached hydrogen (secondary N) is 1. The van der Waals surface area contributed by atoms with Crippen molar-refractivity contribution < 1.29 is 9.90 Å². The lowest BCUT2D eigenvalue weighted by molar-refractivity contribution is 0.101. The number of benzene rings is 2. The van der Waals surface area contributed by atoms with Crippen molar-refractivity contribution in [2.75, 3.05) is 0 Å². The molecule has 2 N–H and O–H groups in total. The summed E-state index contributed by atoms with van der Waals surface area (Å²) in [5.74, 6) is -0.435. The Morgan fingerprint density at radius 2 is 1.58 bits per heavy atom. The van der Waals surface area contributed by atoms with Gasteiger partial charge in [-0.25, -0.2) is 4.99 Å². The first-order chi connectivity index (χ1) is 11.5. The van der Waals surface area contributed by atoms with Gasteiger partial charge in [0.1, 0.15) is 7.85 Å². The van der Waals surface area contributed by atoms with Crippen LogP contribution >= 0.6 is 15.9 Å². The highest BCUT2D eigenvalue weighted by Gasteiger charge is 2.33. The molecule has 0 spiro atoms. The van der Waals surface area contributed by atoms with E-state index in [0.29, 0.717) is 28.0 Å². The van der Waals surface area contributed by atoms with Gasteiger partial charge in [0.15, 0.2) is 5.88 Å². The molecule has 1 aliphatic rings. The Morgan fingerprint density at radius 3 is 2.25 bits per heavy atom. The Kier molecular flexibility index (Phi) is 3.42. The van der Waals surface area contributed by atoms with Gasteiger partial charge in [-0.3, -0.25) is 4.79 Å². The average molecular weight is 377 g/mol. The summed E-state index contributed by atoms with van der Waals surface area (Å²) in [5.41, 5.74) is 3.99. The Bertz CT molecular complexity index is 989. The molecule has 4 nitrogen and oxygen atoms in total. The van der Waals surface area contributed by atoms with Gasteiger partial charge in [-0.05, 0) is 17.7 Å². The van der Waals surface area contributed by atoms with E-state index in [1.165, 1.54) is 0 Å². The SMILES string of the molecule is [B]c1ccc(C2=NC(=O)c3c(-c4ccc(Br)cc4)[nH]c(O)c32)cc1. The second-order valence-electron chi connectivity index (χ2n) is 5.49. The number of hydrogen-bond acceptors (Lipinski definition) is 2. The lowest BCUT2D eigenvalue weighted by atomic mass is 9.93.